The van der Waals surface area contributed by atoms with Gasteiger partial charge in [0.2, 0.25) is 5.96 Å². The maximum absolute atomic E-state index is 5.36. The summed E-state index contributed by atoms with van der Waals surface area (Å²) in [5.41, 5.74) is 2.59. The predicted octanol–water partition coefficient (Wildman–Crippen LogP) is 0.699. The van der Waals surface area contributed by atoms with Gasteiger partial charge in [-0.1, -0.05) is 0 Å². The molecule has 0 aliphatic heterocycles. The van der Waals surface area contributed by atoms with Crippen LogP contribution in [0.2, 0.25) is 0 Å². The fraction of sp³-hybridized carbons (Fsp3) is 0.889. The number of nitrogens with one attached hydrogen (secondary N) is 2. The Balaban J connectivity index is 2.33. The van der Waals surface area contributed by atoms with Gasteiger partial charge in [0.05, 0.1) is 0 Å². The first kappa shape index (κ1) is 11.7. The molecule has 0 aromatic rings. The van der Waals surface area contributed by atoms with Crippen LogP contribution in [0.15, 0.2) is 4.99 Å². The number of guanidine groups is 1. The molecule has 4 N–H and O–H groups in total. The second-order valence-corrected chi connectivity index (χ2v) is 4.62. The molecule has 1 rings (SSSR count). The number of hydrogen-bond acceptors (Lipinski definition) is 3. The van der Waals surface area contributed by atoms with Gasteiger partial charge in [-0.15, -0.1) is 0 Å². The van der Waals surface area contributed by atoms with Gasteiger partial charge >= 0.3 is 0 Å². The molecule has 1 fully saturated rings. The van der Waals surface area contributed by atoms with Crippen molar-refractivity contribution in [3.63, 3.8) is 0 Å². The zero-order chi connectivity index (χ0) is 10.4. The molecule has 0 radical (unpaired) electrons. The van der Waals surface area contributed by atoms with Crippen LogP contribution in [0, 0.1) is 0 Å². The molecule has 0 amide bonds. The predicted molar refractivity (Wildman–Crippen MR) is 63.4 cm³/mol. The van der Waals surface area contributed by atoms with Crippen LogP contribution < -0.4 is 16.6 Å². The quantitative estimate of drug-likeness (QED) is 0.281. The van der Waals surface area contributed by atoms with Crippen molar-refractivity contribution in [3.8, 4) is 0 Å². The molecule has 1 aliphatic rings. The molecular formula is C9H20N4S. The number of aliphatic imine (C=N–C) groups is 1. The van der Waals surface area contributed by atoms with Gasteiger partial charge in [-0.25, -0.2) is 5.84 Å². The molecule has 0 heterocycles. The molecule has 0 aromatic heterocycles. The van der Waals surface area contributed by atoms with Gasteiger partial charge in [0.25, 0.3) is 0 Å². The highest BCUT2D eigenvalue weighted by Crippen LogP contribution is 2.27. The van der Waals surface area contributed by atoms with E-state index in [1.165, 1.54) is 19.3 Å². The number of thioether (sulfide) groups is 1. The third kappa shape index (κ3) is 3.38. The number of rotatable bonds is 3. The van der Waals surface area contributed by atoms with E-state index in [1.807, 2.05) is 18.7 Å². The Bertz CT molecular complexity index is 195. The standard InChI is InChI=1S/C9H20N4S/c1-3-11-9(13-10)12-7-4-5-8(6-7)14-2/h7-8H,3-6,10H2,1-2H3,(H2,11,12,13). The second kappa shape index (κ2) is 6.14. The average Bonchev–Trinajstić information content (AvgIpc) is 2.65. The first-order valence-corrected chi connectivity index (χ1v) is 6.39. The first-order chi connectivity index (χ1) is 6.80. The maximum atomic E-state index is 5.36. The Morgan fingerprint density at radius 3 is 2.86 bits per heavy atom. The van der Waals surface area contributed by atoms with Gasteiger partial charge in [-0.2, -0.15) is 11.8 Å². The summed E-state index contributed by atoms with van der Waals surface area (Å²) in [4.78, 5) is 4.22. The highest BCUT2D eigenvalue weighted by atomic mass is 32.2. The van der Waals surface area contributed by atoms with E-state index in [0.29, 0.717) is 6.04 Å². The second-order valence-electron chi connectivity index (χ2n) is 3.48. The summed E-state index contributed by atoms with van der Waals surface area (Å²) in [6, 6.07) is 0.536. The molecule has 0 saturated heterocycles. The van der Waals surface area contributed by atoms with Crippen molar-refractivity contribution in [2.24, 2.45) is 10.8 Å². The third-order valence-electron chi connectivity index (χ3n) is 2.51. The van der Waals surface area contributed by atoms with E-state index in [1.54, 1.807) is 0 Å². The minimum Gasteiger partial charge on any atom is -0.353 e. The Hall–Kier alpha value is -0.420. The van der Waals surface area contributed by atoms with Crippen LogP contribution in [0.4, 0.5) is 0 Å². The minimum atomic E-state index is 0.536. The lowest BCUT2D eigenvalue weighted by molar-refractivity contribution is 0.616. The van der Waals surface area contributed by atoms with Crippen molar-refractivity contribution in [1.29, 1.82) is 0 Å². The van der Waals surface area contributed by atoms with Crippen molar-refractivity contribution in [3.05, 3.63) is 0 Å². The lowest BCUT2D eigenvalue weighted by Crippen LogP contribution is -2.45. The van der Waals surface area contributed by atoms with E-state index in [9.17, 15) is 0 Å². The van der Waals surface area contributed by atoms with Crippen LogP contribution in [0.25, 0.3) is 0 Å². The van der Waals surface area contributed by atoms with Crippen molar-refractivity contribution < 1.29 is 0 Å². The van der Waals surface area contributed by atoms with Crippen LogP contribution in [0.1, 0.15) is 26.2 Å². The largest absolute Gasteiger partial charge is 0.353 e. The molecule has 0 aromatic carbocycles. The van der Waals surface area contributed by atoms with E-state index >= 15 is 0 Å². The van der Waals surface area contributed by atoms with Crippen molar-refractivity contribution in [1.82, 2.24) is 10.7 Å². The normalized spacial score (nSPS) is 27.8. The van der Waals surface area contributed by atoms with Crippen LogP contribution in [-0.2, 0) is 0 Å². The van der Waals surface area contributed by atoms with E-state index in [4.69, 9.17) is 5.84 Å². The van der Waals surface area contributed by atoms with Crippen LogP contribution >= 0.6 is 11.8 Å². The van der Waals surface area contributed by atoms with Crippen molar-refractivity contribution in [2.75, 3.05) is 12.8 Å². The third-order valence-corrected chi connectivity index (χ3v) is 3.61. The van der Waals surface area contributed by atoms with Crippen molar-refractivity contribution in [2.45, 2.75) is 37.5 Å². The first-order valence-electron chi connectivity index (χ1n) is 5.10. The van der Waals surface area contributed by atoms with Crippen LogP contribution in [-0.4, -0.2) is 30.1 Å². The molecule has 0 spiro atoms. The Kier molecular flexibility index (Phi) is 5.11. The molecule has 2 atom stereocenters. The van der Waals surface area contributed by atoms with Gasteiger partial charge in [0, 0.05) is 17.8 Å². The lowest BCUT2D eigenvalue weighted by atomic mass is 10.2. The topological polar surface area (TPSA) is 62.4 Å². The summed E-state index contributed by atoms with van der Waals surface area (Å²) < 4.78 is 0. The van der Waals surface area contributed by atoms with Gasteiger partial charge in [0.15, 0.2) is 0 Å². The molecule has 4 nitrogen and oxygen atoms in total. The molecule has 82 valence electrons. The summed E-state index contributed by atoms with van der Waals surface area (Å²) in [5.74, 6) is 6.08. The highest BCUT2D eigenvalue weighted by molar-refractivity contribution is 7.99. The van der Waals surface area contributed by atoms with Crippen molar-refractivity contribution >= 4 is 17.7 Å². The summed E-state index contributed by atoms with van der Waals surface area (Å²) in [6.45, 7) is 2.75. The van der Waals surface area contributed by atoms with E-state index < -0.39 is 0 Å². The maximum Gasteiger partial charge on any atom is 0.205 e. The zero-order valence-electron chi connectivity index (χ0n) is 8.92. The molecule has 14 heavy (non-hydrogen) atoms. The molecular weight excluding hydrogens is 196 g/mol. The van der Waals surface area contributed by atoms with Crippen LogP contribution in [0.5, 0.6) is 0 Å². The molecule has 1 saturated carbocycles. The Morgan fingerprint density at radius 2 is 2.36 bits per heavy atom. The number of nitrogens with zero attached hydrogens (tertiary/aromatic N) is 1. The molecule has 5 heteroatoms. The smallest absolute Gasteiger partial charge is 0.205 e. The van der Waals surface area contributed by atoms with E-state index in [-0.39, 0.29) is 0 Å². The Morgan fingerprint density at radius 1 is 1.57 bits per heavy atom. The van der Waals surface area contributed by atoms with Gasteiger partial charge < -0.3 is 5.32 Å². The number of hydrogen-bond donors (Lipinski definition) is 3. The Labute approximate surface area is 90.1 Å². The number of nitrogens with two attached hydrogens (primary N) is 1. The van der Waals surface area contributed by atoms with E-state index in [0.717, 1.165) is 17.8 Å². The fourth-order valence-electron chi connectivity index (χ4n) is 1.77. The monoisotopic (exact) mass is 216 g/mol. The number of hydrazine groups is 1. The SMILES string of the molecule is CCN=C(NN)NC1CCC(SC)C1. The minimum absolute atomic E-state index is 0.536. The van der Waals surface area contributed by atoms with Crippen LogP contribution in [0.3, 0.4) is 0 Å². The zero-order valence-corrected chi connectivity index (χ0v) is 9.73. The van der Waals surface area contributed by atoms with Gasteiger partial charge in [-0.3, -0.25) is 10.4 Å². The van der Waals surface area contributed by atoms with Gasteiger partial charge in [-0.05, 0) is 32.4 Å². The lowest BCUT2D eigenvalue weighted by Gasteiger charge is -2.15. The summed E-state index contributed by atoms with van der Waals surface area (Å²) in [7, 11) is 0. The summed E-state index contributed by atoms with van der Waals surface area (Å²) >= 11 is 1.95. The summed E-state index contributed by atoms with van der Waals surface area (Å²) in [5, 5.41) is 4.13. The molecule has 1 aliphatic carbocycles. The molecule has 0 bridgehead atoms. The highest BCUT2D eigenvalue weighted by Gasteiger charge is 2.24. The molecule has 2 unspecified atom stereocenters. The summed E-state index contributed by atoms with van der Waals surface area (Å²) in [6.07, 6.45) is 5.90. The van der Waals surface area contributed by atoms with E-state index in [2.05, 4.69) is 22.0 Å². The fourth-order valence-corrected chi connectivity index (χ4v) is 2.57. The van der Waals surface area contributed by atoms with Gasteiger partial charge in [0.1, 0.15) is 0 Å². The average molecular weight is 216 g/mol.